The molecule has 0 aliphatic carbocycles. The van der Waals surface area contributed by atoms with Gasteiger partial charge in [0, 0.05) is 62.1 Å². The Labute approximate surface area is 177 Å². The van der Waals surface area contributed by atoms with Crippen LogP contribution in [-0.2, 0) is 0 Å². The van der Waals surface area contributed by atoms with Crippen LogP contribution < -0.4 is 20.4 Å². The monoisotopic (exact) mass is 402 g/mol. The van der Waals surface area contributed by atoms with Gasteiger partial charge in [0.2, 0.25) is 0 Å². The van der Waals surface area contributed by atoms with Crippen LogP contribution in [0.25, 0.3) is 0 Å². The molecule has 0 unspecified atom stereocenters. The zero-order valence-electron chi connectivity index (χ0n) is 17.6. The van der Waals surface area contributed by atoms with E-state index in [0.29, 0.717) is 22.5 Å². The number of nitrogens with one attached hydrogen (secondary N) is 2. The molecule has 3 rings (SSSR count). The molecule has 154 valence electrons. The highest BCUT2D eigenvalue weighted by atomic mass is 16.2. The second kappa shape index (κ2) is 9.13. The molecule has 2 N–H and O–H groups in total. The Balaban J connectivity index is 1.68. The van der Waals surface area contributed by atoms with E-state index in [1.807, 2.05) is 86.5 Å². The number of amides is 2. The Morgan fingerprint density at radius 1 is 0.600 bits per heavy atom. The van der Waals surface area contributed by atoms with Crippen molar-refractivity contribution < 1.29 is 9.59 Å². The fourth-order valence-corrected chi connectivity index (χ4v) is 2.89. The van der Waals surface area contributed by atoms with Crippen LogP contribution in [0, 0.1) is 0 Å². The van der Waals surface area contributed by atoms with Crippen molar-refractivity contribution in [3.63, 3.8) is 0 Å². The maximum atomic E-state index is 12.6. The molecule has 3 aromatic carbocycles. The lowest BCUT2D eigenvalue weighted by Gasteiger charge is -2.13. The lowest BCUT2D eigenvalue weighted by molar-refractivity contribution is 0.102. The SMILES string of the molecule is CN(C)c1ccc(NC(=O)c2cccc(C(=O)Nc3ccc(N(C)C)cc3)c2)cc1. The summed E-state index contributed by atoms with van der Waals surface area (Å²) in [7, 11) is 7.84. The summed E-state index contributed by atoms with van der Waals surface area (Å²) >= 11 is 0. The van der Waals surface area contributed by atoms with E-state index in [9.17, 15) is 9.59 Å². The normalized spacial score (nSPS) is 10.3. The maximum Gasteiger partial charge on any atom is 0.255 e. The first-order chi connectivity index (χ1) is 14.3. The van der Waals surface area contributed by atoms with Crippen LogP contribution in [0.1, 0.15) is 20.7 Å². The van der Waals surface area contributed by atoms with Gasteiger partial charge in [-0.05, 0) is 66.7 Å². The fourth-order valence-electron chi connectivity index (χ4n) is 2.89. The molecule has 0 atom stereocenters. The van der Waals surface area contributed by atoms with Gasteiger partial charge in [0.05, 0.1) is 0 Å². The minimum absolute atomic E-state index is 0.266. The average Bonchev–Trinajstić information content (AvgIpc) is 2.74. The molecule has 0 radical (unpaired) electrons. The number of carbonyl (C=O) groups is 2. The summed E-state index contributed by atoms with van der Waals surface area (Å²) in [5, 5.41) is 5.73. The van der Waals surface area contributed by atoms with Crippen molar-refractivity contribution in [2.75, 3.05) is 48.6 Å². The molecule has 6 nitrogen and oxygen atoms in total. The highest BCUT2D eigenvalue weighted by molar-refractivity contribution is 6.08. The van der Waals surface area contributed by atoms with Crippen molar-refractivity contribution in [2.24, 2.45) is 0 Å². The van der Waals surface area contributed by atoms with E-state index in [4.69, 9.17) is 0 Å². The second-order valence-corrected chi connectivity index (χ2v) is 7.37. The summed E-state index contributed by atoms with van der Waals surface area (Å²) in [5.74, 6) is -0.532. The molecule has 30 heavy (non-hydrogen) atoms. The quantitative estimate of drug-likeness (QED) is 0.644. The molecule has 0 spiro atoms. The lowest BCUT2D eigenvalue weighted by Crippen LogP contribution is -2.16. The number of hydrogen-bond donors (Lipinski definition) is 2. The zero-order valence-corrected chi connectivity index (χ0v) is 17.6. The van der Waals surface area contributed by atoms with Gasteiger partial charge in [-0.15, -0.1) is 0 Å². The molecule has 0 heterocycles. The van der Waals surface area contributed by atoms with Gasteiger partial charge in [-0.3, -0.25) is 9.59 Å². The maximum absolute atomic E-state index is 12.6. The number of benzene rings is 3. The molecule has 0 fully saturated rings. The summed E-state index contributed by atoms with van der Waals surface area (Å²) in [6.45, 7) is 0. The van der Waals surface area contributed by atoms with E-state index in [0.717, 1.165) is 11.4 Å². The van der Waals surface area contributed by atoms with Crippen molar-refractivity contribution in [1.82, 2.24) is 0 Å². The standard InChI is InChI=1S/C24H26N4O2/c1-27(2)21-12-8-19(9-13-21)25-23(29)17-6-5-7-18(16-17)24(30)26-20-10-14-22(15-11-20)28(3)4/h5-16H,1-4H3,(H,25,29)(H,26,30). The van der Waals surface area contributed by atoms with Crippen molar-refractivity contribution in [3.8, 4) is 0 Å². The molecule has 0 saturated carbocycles. The number of carbonyl (C=O) groups excluding carboxylic acids is 2. The predicted molar refractivity (Wildman–Crippen MR) is 124 cm³/mol. The summed E-state index contributed by atoms with van der Waals surface area (Å²) in [5.41, 5.74) is 4.32. The van der Waals surface area contributed by atoms with Gasteiger partial charge in [-0.1, -0.05) is 6.07 Å². The highest BCUT2D eigenvalue weighted by Gasteiger charge is 2.11. The Morgan fingerprint density at radius 3 is 1.30 bits per heavy atom. The largest absolute Gasteiger partial charge is 0.378 e. The van der Waals surface area contributed by atoms with Crippen LogP contribution in [0.3, 0.4) is 0 Å². The van der Waals surface area contributed by atoms with Crippen molar-refractivity contribution in [1.29, 1.82) is 0 Å². The summed E-state index contributed by atoms with van der Waals surface area (Å²) in [6, 6.07) is 21.8. The third-order valence-corrected chi connectivity index (χ3v) is 4.67. The summed E-state index contributed by atoms with van der Waals surface area (Å²) < 4.78 is 0. The molecule has 0 saturated heterocycles. The average molecular weight is 402 g/mol. The van der Waals surface area contributed by atoms with E-state index in [-0.39, 0.29) is 11.8 Å². The van der Waals surface area contributed by atoms with Crippen LogP contribution in [0.2, 0.25) is 0 Å². The first-order valence-corrected chi connectivity index (χ1v) is 9.61. The molecule has 6 heteroatoms. The minimum atomic E-state index is -0.266. The Morgan fingerprint density at radius 2 is 0.967 bits per heavy atom. The van der Waals surface area contributed by atoms with E-state index in [1.54, 1.807) is 24.3 Å². The van der Waals surface area contributed by atoms with Gasteiger partial charge in [0.25, 0.3) is 11.8 Å². The predicted octanol–water partition coefficient (Wildman–Crippen LogP) is 4.32. The van der Waals surface area contributed by atoms with E-state index >= 15 is 0 Å². The second-order valence-electron chi connectivity index (χ2n) is 7.37. The molecular weight excluding hydrogens is 376 g/mol. The number of hydrogen-bond acceptors (Lipinski definition) is 4. The minimum Gasteiger partial charge on any atom is -0.378 e. The van der Waals surface area contributed by atoms with Crippen LogP contribution in [0.4, 0.5) is 22.7 Å². The molecule has 0 aliphatic heterocycles. The number of rotatable bonds is 6. The first-order valence-electron chi connectivity index (χ1n) is 9.61. The Bertz CT molecular complexity index is 945. The first kappa shape index (κ1) is 20.9. The summed E-state index contributed by atoms with van der Waals surface area (Å²) in [4.78, 5) is 29.2. The Kier molecular flexibility index (Phi) is 6.37. The van der Waals surface area contributed by atoms with Crippen LogP contribution >= 0.6 is 0 Å². The van der Waals surface area contributed by atoms with E-state index < -0.39 is 0 Å². The Hall–Kier alpha value is -3.80. The van der Waals surface area contributed by atoms with Crippen LogP contribution in [0.5, 0.6) is 0 Å². The molecular formula is C24H26N4O2. The molecule has 0 aromatic heterocycles. The van der Waals surface area contributed by atoms with Gasteiger partial charge in [-0.25, -0.2) is 0 Å². The van der Waals surface area contributed by atoms with Gasteiger partial charge >= 0.3 is 0 Å². The highest BCUT2D eigenvalue weighted by Crippen LogP contribution is 2.18. The molecule has 0 aliphatic rings. The molecule has 3 aromatic rings. The topological polar surface area (TPSA) is 64.7 Å². The van der Waals surface area contributed by atoms with Crippen LogP contribution in [0.15, 0.2) is 72.8 Å². The van der Waals surface area contributed by atoms with Crippen LogP contribution in [-0.4, -0.2) is 40.0 Å². The van der Waals surface area contributed by atoms with Gasteiger partial charge in [-0.2, -0.15) is 0 Å². The fraction of sp³-hybridized carbons (Fsp3) is 0.167. The zero-order chi connectivity index (χ0) is 21.7. The van der Waals surface area contributed by atoms with E-state index in [2.05, 4.69) is 10.6 Å². The van der Waals surface area contributed by atoms with Gasteiger partial charge in [0.15, 0.2) is 0 Å². The smallest absolute Gasteiger partial charge is 0.255 e. The van der Waals surface area contributed by atoms with E-state index in [1.165, 1.54) is 0 Å². The third kappa shape index (κ3) is 5.17. The lowest BCUT2D eigenvalue weighted by atomic mass is 10.1. The number of nitrogens with zero attached hydrogens (tertiary/aromatic N) is 2. The van der Waals surface area contributed by atoms with Gasteiger partial charge in [0.1, 0.15) is 0 Å². The third-order valence-electron chi connectivity index (χ3n) is 4.67. The van der Waals surface area contributed by atoms with Gasteiger partial charge < -0.3 is 20.4 Å². The summed E-state index contributed by atoms with van der Waals surface area (Å²) in [6.07, 6.45) is 0. The van der Waals surface area contributed by atoms with Crippen molar-refractivity contribution in [2.45, 2.75) is 0 Å². The van der Waals surface area contributed by atoms with Crippen molar-refractivity contribution >= 4 is 34.6 Å². The molecule has 2 amide bonds. The molecule has 0 bridgehead atoms. The van der Waals surface area contributed by atoms with Crippen molar-refractivity contribution in [3.05, 3.63) is 83.9 Å². The number of anilines is 4.